The Kier molecular flexibility index (Phi) is 6.68. The molecule has 2 aromatic carbocycles. The first-order valence-corrected chi connectivity index (χ1v) is 10.6. The predicted molar refractivity (Wildman–Crippen MR) is 111 cm³/mol. The largest absolute Gasteiger partial charge is 0.481 e. The summed E-state index contributed by atoms with van der Waals surface area (Å²) in [6.45, 7) is 0.146. The first kappa shape index (κ1) is 23.1. The number of methoxy groups -OCH3 is 1. The summed E-state index contributed by atoms with van der Waals surface area (Å²) in [6.07, 6.45) is -3.05. The van der Waals surface area contributed by atoms with E-state index < -0.39 is 27.7 Å². The third-order valence-corrected chi connectivity index (χ3v) is 5.75. The van der Waals surface area contributed by atoms with Crippen LogP contribution >= 0.6 is 0 Å². The highest BCUT2D eigenvalue weighted by atomic mass is 32.2. The van der Waals surface area contributed by atoms with Crippen molar-refractivity contribution in [2.24, 2.45) is 0 Å². The van der Waals surface area contributed by atoms with Gasteiger partial charge in [0.2, 0.25) is 5.88 Å². The molecule has 1 heterocycles. The number of amides is 1. The van der Waals surface area contributed by atoms with Crippen LogP contribution in [0.2, 0.25) is 0 Å². The molecule has 0 bridgehead atoms. The van der Waals surface area contributed by atoms with Crippen LogP contribution < -0.4 is 14.8 Å². The molecule has 0 aliphatic heterocycles. The summed E-state index contributed by atoms with van der Waals surface area (Å²) in [4.78, 5) is 16.2. The summed E-state index contributed by atoms with van der Waals surface area (Å²) in [5.74, 6) is -0.0828. The van der Waals surface area contributed by atoms with Crippen LogP contribution in [0.25, 0.3) is 0 Å². The quantitative estimate of drug-likeness (QED) is 0.553. The molecule has 3 aromatic rings. The average Bonchev–Trinajstić information content (AvgIpc) is 2.77. The van der Waals surface area contributed by atoms with Crippen molar-refractivity contribution in [1.29, 1.82) is 0 Å². The molecule has 2 N–H and O–H groups in total. The molecule has 0 saturated carbocycles. The van der Waals surface area contributed by atoms with Gasteiger partial charge in [-0.2, -0.15) is 13.2 Å². The van der Waals surface area contributed by atoms with E-state index in [1.807, 2.05) is 0 Å². The number of hydrogen-bond acceptors (Lipinski definition) is 5. The minimum atomic E-state index is -4.60. The van der Waals surface area contributed by atoms with E-state index in [9.17, 15) is 26.4 Å². The summed E-state index contributed by atoms with van der Waals surface area (Å²) in [5.41, 5.74) is -0.347. The molecule has 0 aliphatic rings. The second-order valence-corrected chi connectivity index (χ2v) is 8.25. The lowest BCUT2D eigenvalue weighted by Crippen LogP contribution is -2.23. The Hall–Kier alpha value is -3.60. The van der Waals surface area contributed by atoms with E-state index in [0.717, 1.165) is 12.1 Å². The number of rotatable bonds is 7. The lowest BCUT2D eigenvalue weighted by molar-refractivity contribution is -0.137. The minimum Gasteiger partial charge on any atom is -0.481 e. The summed E-state index contributed by atoms with van der Waals surface area (Å²) < 4.78 is 70.7. The fourth-order valence-corrected chi connectivity index (χ4v) is 3.83. The number of ether oxygens (including phenoxy) is 1. The SMILES string of the molecule is COc1ncccc1CNC(=O)c1ccc(S(=O)(=O)Nc2cccc(C(F)(F)F)c2)cc1. The fourth-order valence-electron chi connectivity index (χ4n) is 2.78. The molecule has 0 atom stereocenters. The minimum absolute atomic E-state index is 0.146. The molecule has 1 amide bonds. The highest BCUT2D eigenvalue weighted by Crippen LogP contribution is 2.31. The molecule has 3 rings (SSSR count). The van der Waals surface area contributed by atoms with Crippen LogP contribution in [0.15, 0.2) is 71.8 Å². The van der Waals surface area contributed by atoms with E-state index in [1.165, 1.54) is 37.4 Å². The van der Waals surface area contributed by atoms with Crippen LogP contribution in [-0.4, -0.2) is 26.4 Å². The fraction of sp³-hybridized carbons (Fsp3) is 0.143. The molecule has 0 radical (unpaired) electrons. The highest BCUT2D eigenvalue weighted by molar-refractivity contribution is 7.92. The van der Waals surface area contributed by atoms with Gasteiger partial charge in [-0.1, -0.05) is 12.1 Å². The molecule has 11 heteroatoms. The number of sulfonamides is 1. The molecule has 32 heavy (non-hydrogen) atoms. The number of carbonyl (C=O) groups is 1. The maximum Gasteiger partial charge on any atom is 0.416 e. The monoisotopic (exact) mass is 465 g/mol. The van der Waals surface area contributed by atoms with Gasteiger partial charge in [-0.15, -0.1) is 0 Å². The molecule has 0 aliphatic carbocycles. The number of carbonyl (C=O) groups excluding carboxylic acids is 1. The highest BCUT2D eigenvalue weighted by Gasteiger charge is 2.30. The molecule has 1 aromatic heterocycles. The van der Waals surface area contributed by atoms with Crippen LogP contribution in [0, 0.1) is 0 Å². The Balaban J connectivity index is 1.69. The van der Waals surface area contributed by atoms with E-state index in [-0.39, 0.29) is 22.7 Å². The maximum atomic E-state index is 12.8. The predicted octanol–water partition coefficient (Wildman–Crippen LogP) is 3.84. The molecule has 0 spiro atoms. The summed E-state index contributed by atoms with van der Waals surface area (Å²) in [7, 11) is -2.70. The van der Waals surface area contributed by atoms with Crippen LogP contribution in [0.4, 0.5) is 18.9 Å². The number of halogens is 3. The van der Waals surface area contributed by atoms with E-state index in [4.69, 9.17) is 4.74 Å². The second kappa shape index (κ2) is 9.27. The number of anilines is 1. The number of benzene rings is 2. The standard InChI is InChI=1S/C21H18F3N3O4S/c1-31-20-15(4-3-11-25-20)13-26-19(28)14-7-9-18(10-8-14)32(29,30)27-17-6-2-5-16(12-17)21(22,23)24/h2-12,27H,13H2,1H3,(H,26,28). The van der Waals surface area contributed by atoms with Crippen molar-refractivity contribution in [2.45, 2.75) is 17.6 Å². The summed E-state index contributed by atoms with van der Waals surface area (Å²) >= 11 is 0. The second-order valence-electron chi connectivity index (χ2n) is 6.56. The zero-order valence-corrected chi connectivity index (χ0v) is 17.5. The van der Waals surface area contributed by atoms with Gasteiger partial charge in [-0.05, 0) is 48.5 Å². The molecule has 0 fully saturated rings. The van der Waals surface area contributed by atoms with Crippen molar-refractivity contribution < 1.29 is 31.1 Å². The molecule has 0 unspecified atom stereocenters. The van der Waals surface area contributed by atoms with Crippen molar-refractivity contribution in [2.75, 3.05) is 11.8 Å². The zero-order chi connectivity index (χ0) is 23.4. The van der Waals surface area contributed by atoms with E-state index in [2.05, 4.69) is 15.0 Å². The number of hydrogen-bond donors (Lipinski definition) is 2. The molecule has 0 saturated heterocycles. The summed E-state index contributed by atoms with van der Waals surface area (Å²) in [6, 6.07) is 12.3. The Morgan fingerprint density at radius 2 is 1.78 bits per heavy atom. The Bertz CT molecular complexity index is 1210. The van der Waals surface area contributed by atoms with Crippen LogP contribution in [0.1, 0.15) is 21.5 Å². The van der Waals surface area contributed by atoms with Crippen LogP contribution in [-0.2, 0) is 22.7 Å². The maximum absolute atomic E-state index is 12.8. The molecular weight excluding hydrogens is 447 g/mol. The van der Waals surface area contributed by atoms with Crippen molar-refractivity contribution >= 4 is 21.6 Å². The van der Waals surface area contributed by atoms with Gasteiger partial charge < -0.3 is 10.1 Å². The lowest BCUT2D eigenvalue weighted by atomic mass is 10.2. The number of alkyl halides is 3. The van der Waals surface area contributed by atoms with E-state index in [1.54, 1.807) is 18.3 Å². The lowest BCUT2D eigenvalue weighted by Gasteiger charge is -2.12. The van der Waals surface area contributed by atoms with Gasteiger partial charge in [0, 0.05) is 29.6 Å². The topological polar surface area (TPSA) is 97.4 Å². The third kappa shape index (κ3) is 5.55. The van der Waals surface area contributed by atoms with Crippen LogP contribution in [0.3, 0.4) is 0 Å². The zero-order valence-electron chi connectivity index (χ0n) is 16.7. The van der Waals surface area contributed by atoms with Gasteiger partial charge in [0.15, 0.2) is 0 Å². The third-order valence-electron chi connectivity index (χ3n) is 4.35. The van der Waals surface area contributed by atoms with Crippen molar-refractivity contribution in [3.05, 3.63) is 83.6 Å². The summed E-state index contributed by atoms with van der Waals surface area (Å²) in [5, 5.41) is 2.68. The van der Waals surface area contributed by atoms with Gasteiger partial charge in [0.25, 0.3) is 15.9 Å². The van der Waals surface area contributed by atoms with Gasteiger partial charge >= 0.3 is 6.18 Å². The number of aromatic nitrogens is 1. The van der Waals surface area contributed by atoms with Gasteiger partial charge in [-0.3, -0.25) is 9.52 Å². The first-order valence-electron chi connectivity index (χ1n) is 9.16. The first-order chi connectivity index (χ1) is 15.1. The molecule has 7 nitrogen and oxygen atoms in total. The Morgan fingerprint density at radius 3 is 2.44 bits per heavy atom. The molecular formula is C21H18F3N3O4S. The number of nitrogens with one attached hydrogen (secondary N) is 2. The van der Waals surface area contributed by atoms with Gasteiger partial charge in [0.05, 0.1) is 17.6 Å². The normalized spacial score (nSPS) is 11.6. The Labute approximate surface area is 182 Å². The Morgan fingerprint density at radius 1 is 1.06 bits per heavy atom. The van der Waals surface area contributed by atoms with Crippen molar-refractivity contribution in [3.8, 4) is 5.88 Å². The smallest absolute Gasteiger partial charge is 0.416 e. The van der Waals surface area contributed by atoms with Crippen molar-refractivity contribution in [3.63, 3.8) is 0 Å². The molecule has 168 valence electrons. The van der Waals surface area contributed by atoms with E-state index >= 15 is 0 Å². The number of nitrogens with zero attached hydrogens (tertiary/aromatic N) is 1. The number of pyridine rings is 1. The van der Waals surface area contributed by atoms with Gasteiger partial charge in [0.1, 0.15) is 0 Å². The van der Waals surface area contributed by atoms with Crippen molar-refractivity contribution in [1.82, 2.24) is 10.3 Å². The van der Waals surface area contributed by atoms with Crippen LogP contribution in [0.5, 0.6) is 5.88 Å². The van der Waals surface area contributed by atoms with E-state index in [0.29, 0.717) is 17.5 Å². The average molecular weight is 465 g/mol. The van der Waals surface area contributed by atoms with Gasteiger partial charge in [-0.25, -0.2) is 13.4 Å².